The number of ether oxygens (including phenoxy) is 2. The molecule has 0 aromatic carbocycles. The van der Waals surface area contributed by atoms with Crippen LogP contribution in [0.1, 0.15) is 30.1 Å². The molecule has 0 radical (unpaired) electrons. The van der Waals surface area contributed by atoms with Crippen molar-refractivity contribution in [3.63, 3.8) is 0 Å². The second-order valence-electron chi connectivity index (χ2n) is 7.52. The number of morpholine rings is 1. The van der Waals surface area contributed by atoms with Crippen LogP contribution >= 0.6 is 0 Å². The Morgan fingerprint density at radius 1 is 1.31 bits per heavy atom. The second kappa shape index (κ2) is 7.86. The van der Waals surface area contributed by atoms with Crippen molar-refractivity contribution in [3.05, 3.63) is 47.8 Å². The fourth-order valence-electron chi connectivity index (χ4n) is 4.20. The van der Waals surface area contributed by atoms with Gasteiger partial charge in [-0.05, 0) is 37.8 Å². The molecule has 0 N–H and O–H groups in total. The summed E-state index contributed by atoms with van der Waals surface area (Å²) in [5.41, 5.74) is 2.05. The van der Waals surface area contributed by atoms with Crippen LogP contribution in [0.4, 0.5) is 0 Å². The summed E-state index contributed by atoms with van der Waals surface area (Å²) in [6.45, 7) is 6.07. The predicted octanol–water partition coefficient (Wildman–Crippen LogP) is 2.32. The topological polar surface area (TPSA) is 52.4 Å². The van der Waals surface area contributed by atoms with Crippen LogP contribution in [0.2, 0.25) is 0 Å². The lowest BCUT2D eigenvalue weighted by atomic mass is 10.1. The normalized spacial score (nSPS) is 26.2. The van der Waals surface area contributed by atoms with Gasteiger partial charge in [0.2, 0.25) is 0 Å². The summed E-state index contributed by atoms with van der Waals surface area (Å²) in [6.07, 6.45) is 6.43. The lowest BCUT2D eigenvalue weighted by molar-refractivity contribution is -0.0601. The van der Waals surface area contributed by atoms with E-state index in [1.165, 1.54) is 0 Å². The van der Waals surface area contributed by atoms with Crippen molar-refractivity contribution in [3.8, 4) is 0 Å². The highest BCUT2D eigenvalue weighted by molar-refractivity contribution is 5.09. The molecule has 3 atom stereocenters. The van der Waals surface area contributed by atoms with E-state index >= 15 is 0 Å². The third-order valence-electron chi connectivity index (χ3n) is 5.56. The van der Waals surface area contributed by atoms with Gasteiger partial charge >= 0.3 is 0 Å². The molecule has 6 nitrogen and oxygen atoms in total. The van der Waals surface area contributed by atoms with E-state index in [2.05, 4.69) is 26.5 Å². The average molecular weight is 356 g/mol. The van der Waals surface area contributed by atoms with Crippen molar-refractivity contribution in [2.24, 2.45) is 13.0 Å². The lowest BCUT2D eigenvalue weighted by Crippen LogP contribution is -2.48. The highest BCUT2D eigenvalue weighted by atomic mass is 16.5. The van der Waals surface area contributed by atoms with Gasteiger partial charge in [0, 0.05) is 37.7 Å². The molecule has 2 aromatic heterocycles. The molecule has 4 rings (SSSR count). The summed E-state index contributed by atoms with van der Waals surface area (Å²) < 4.78 is 14.1. The van der Waals surface area contributed by atoms with E-state index in [4.69, 9.17) is 9.47 Å². The van der Waals surface area contributed by atoms with Crippen LogP contribution in [0.3, 0.4) is 0 Å². The van der Waals surface area contributed by atoms with Crippen molar-refractivity contribution >= 4 is 0 Å². The minimum absolute atomic E-state index is 0.328. The molecule has 0 amide bonds. The molecule has 6 heteroatoms. The Morgan fingerprint density at radius 2 is 2.23 bits per heavy atom. The number of pyridine rings is 1. The van der Waals surface area contributed by atoms with Crippen LogP contribution in [-0.4, -0.2) is 51.3 Å². The van der Waals surface area contributed by atoms with Gasteiger partial charge < -0.3 is 14.0 Å². The molecule has 0 unspecified atom stereocenters. The zero-order chi connectivity index (χ0) is 17.9. The molecule has 2 fully saturated rings. The molecule has 140 valence electrons. The van der Waals surface area contributed by atoms with Crippen LogP contribution in [0.5, 0.6) is 0 Å². The van der Waals surface area contributed by atoms with Gasteiger partial charge in [-0.2, -0.15) is 0 Å². The molecular formula is C20H28N4O2. The Kier molecular flexibility index (Phi) is 5.33. The number of hydrogen-bond acceptors (Lipinski definition) is 5. The van der Waals surface area contributed by atoms with Gasteiger partial charge in [0.1, 0.15) is 5.82 Å². The smallest absolute Gasteiger partial charge is 0.122 e. The average Bonchev–Trinajstić information content (AvgIpc) is 3.22. The molecule has 1 saturated heterocycles. The molecule has 0 spiro atoms. The summed E-state index contributed by atoms with van der Waals surface area (Å²) in [5.74, 6) is 1.67. The Hall–Kier alpha value is -1.76. The maximum Gasteiger partial charge on any atom is 0.122 e. The fraction of sp³-hybridized carbons (Fsp3) is 0.600. The third-order valence-corrected chi connectivity index (χ3v) is 5.56. The zero-order valence-corrected chi connectivity index (χ0v) is 15.7. The van der Waals surface area contributed by atoms with Gasteiger partial charge in [-0.25, -0.2) is 4.98 Å². The number of fused-ring (bicyclic) bond motifs is 1. The largest absolute Gasteiger partial charge is 0.375 e. The van der Waals surface area contributed by atoms with E-state index in [0.29, 0.717) is 24.7 Å². The molecular weight excluding hydrogens is 328 g/mol. The second-order valence-corrected chi connectivity index (χ2v) is 7.52. The van der Waals surface area contributed by atoms with Gasteiger partial charge in [-0.1, -0.05) is 6.07 Å². The number of aromatic nitrogens is 3. The third kappa shape index (κ3) is 3.98. The number of aryl methyl sites for hydroxylation is 2. The molecule has 2 aliphatic rings. The quantitative estimate of drug-likeness (QED) is 0.795. The van der Waals surface area contributed by atoms with Crippen LogP contribution in [-0.2, 0) is 29.7 Å². The van der Waals surface area contributed by atoms with E-state index in [-0.39, 0.29) is 0 Å². The number of imidazole rings is 1. The van der Waals surface area contributed by atoms with Crippen molar-refractivity contribution in [2.45, 2.75) is 45.1 Å². The maximum absolute atomic E-state index is 6.06. The first-order valence-electron chi connectivity index (χ1n) is 9.51. The minimum atomic E-state index is 0.328. The molecule has 1 aliphatic heterocycles. The standard InChI is InChI=1S/C20H28N4O2/c1-15-4-3-5-17(22-15)14-25-13-16-10-18-19(11-16)26-9-8-24(18)12-20-21-6-7-23(20)2/h3-7,16,18-19H,8-14H2,1-2H3/t16-,18+,19+/m0/s1. The lowest BCUT2D eigenvalue weighted by Gasteiger charge is -2.37. The molecule has 1 aliphatic carbocycles. The Morgan fingerprint density at radius 3 is 3.04 bits per heavy atom. The minimum Gasteiger partial charge on any atom is -0.375 e. The van der Waals surface area contributed by atoms with E-state index in [0.717, 1.165) is 56.4 Å². The summed E-state index contributed by atoms with van der Waals surface area (Å²) in [7, 11) is 2.06. The van der Waals surface area contributed by atoms with Crippen molar-refractivity contribution < 1.29 is 9.47 Å². The van der Waals surface area contributed by atoms with Crippen LogP contribution in [0.25, 0.3) is 0 Å². The maximum atomic E-state index is 6.06. The Balaban J connectivity index is 1.30. The van der Waals surface area contributed by atoms with E-state index in [1.54, 1.807) is 0 Å². The molecule has 1 saturated carbocycles. The summed E-state index contributed by atoms with van der Waals surface area (Å²) in [5, 5.41) is 0. The summed E-state index contributed by atoms with van der Waals surface area (Å²) >= 11 is 0. The van der Waals surface area contributed by atoms with Gasteiger partial charge in [0.05, 0.1) is 38.2 Å². The van der Waals surface area contributed by atoms with E-state index in [1.807, 2.05) is 37.5 Å². The first-order valence-corrected chi connectivity index (χ1v) is 9.51. The van der Waals surface area contributed by atoms with Gasteiger partial charge in [0.15, 0.2) is 0 Å². The number of hydrogen-bond donors (Lipinski definition) is 0. The number of rotatable bonds is 6. The highest BCUT2D eigenvalue weighted by Gasteiger charge is 2.41. The van der Waals surface area contributed by atoms with Crippen LogP contribution in [0.15, 0.2) is 30.6 Å². The van der Waals surface area contributed by atoms with Crippen LogP contribution in [0, 0.1) is 12.8 Å². The van der Waals surface area contributed by atoms with Gasteiger partial charge in [-0.15, -0.1) is 0 Å². The van der Waals surface area contributed by atoms with Gasteiger partial charge in [0.25, 0.3) is 0 Å². The van der Waals surface area contributed by atoms with E-state index < -0.39 is 0 Å². The molecule has 2 aromatic rings. The van der Waals surface area contributed by atoms with E-state index in [9.17, 15) is 0 Å². The number of nitrogens with zero attached hydrogens (tertiary/aromatic N) is 4. The summed E-state index contributed by atoms with van der Waals surface area (Å²) in [6, 6.07) is 6.55. The predicted molar refractivity (Wildman–Crippen MR) is 98.5 cm³/mol. The highest BCUT2D eigenvalue weighted by Crippen LogP contribution is 2.35. The SMILES string of the molecule is Cc1cccc(COC[C@H]2C[C@@H]3[C@@H](C2)OCCN3Cc2nccn2C)n1. The van der Waals surface area contributed by atoms with Crippen molar-refractivity contribution in [1.29, 1.82) is 0 Å². The fourth-order valence-corrected chi connectivity index (χ4v) is 4.20. The molecule has 26 heavy (non-hydrogen) atoms. The summed E-state index contributed by atoms with van der Waals surface area (Å²) in [4.78, 5) is 11.5. The van der Waals surface area contributed by atoms with Crippen LogP contribution < -0.4 is 0 Å². The Labute approximate surface area is 155 Å². The van der Waals surface area contributed by atoms with Crippen molar-refractivity contribution in [2.75, 3.05) is 19.8 Å². The molecule has 3 heterocycles. The van der Waals surface area contributed by atoms with Crippen molar-refractivity contribution in [1.82, 2.24) is 19.4 Å². The van der Waals surface area contributed by atoms with Gasteiger partial charge in [-0.3, -0.25) is 9.88 Å². The molecule has 0 bridgehead atoms. The first-order chi connectivity index (χ1) is 12.7. The first kappa shape index (κ1) is 17.6. The Bertz CT molecular complexity index is 732. The zero-order valence-electron chi connectivity index (χ0n) is 15.7. The monoisotopic (exact) mass is 356 g/mol.